The monoisotopic (exact) mass is 233 g/mol. The molecule has 0 bridgehead atoms. The molecule has 0 unspecified atom stereocenters. The molecular weight excluding hydrogens is 222 g/mol. The van der Waals surface area contributed by atoms with Crippen molar-refractivity contribution in [3.63, 3.8) is 0 Å². The van der Waals surface area contributed by atoms with Gasteiger partial charge < -0.3 is 10.9 Å². The first-order chi connectivity index (χ1) is 6.92. The lowest BCUT2D eigenvalue weighted by Gasteiger charge is -1.97. The van der Waals surface area contributed by atoms with Gasteiger partial charge in [0.25, 0.3) is 0 Å². The standard InChI is InChI=1S/C6H11N5O3S/c1-15(13,14)3-2-11-4-8-6(9-11)5(7)10-12/h4,12H,2-3H2,1H3,(H2,7,10). The van der Waals surface area contributed by atoms with Crippen LogP contribution in [0.2, 0.25) is 0 Å². The van der Waals surface area contributed by atoms with E-state index in [0.29, 0.717) is 0 Å². The third-order valence-electron chi connectivity index (χ3n) is 1.56. The smallest absolute Gasteiger partial charge is 0.219 e. The summed E-state index contributed by atoms with van der Waals surface area (Å²) in [6, 6.07) is 0. The van der Waals surface area contributed by atoms with Crippen molar-refractivity contribution in [2.45, 2.75) is 6.54 Å². The second-order valence-electron chi connectivity index (χ2n) is 2.95. The van der Waals surface area contributed by atoms with Crippen LogP contribution >= 0.6 is 0 Å². The van der Waals surface area contributed by atoms with Crippen molar-refractivity contribution in [2.75, 3.05) is 12.0 Å². The molecule has 0 saturated heterocycles. The number of sulfone groups is 1. The zero-order valence-electron chi connectivity index (χ0n) is 8.03. The van der Waals surface area contributed by atoms with E-state index in [1.54, 1.807) is 0 Å². The quantitative estimate of drug-likeness (QED) is 0.280. The second-order valence-corrected chi connectivity index (χ2v) is 5.21. The lowest BCUT2D eigenvalue weighted by Crippen LogP contribution is -2.16. The van der Waals surface area contributed by atoms with Crippen LogP contribution in [0.1, 0.15) is 5.82 Å². The van der Waals surface area contributed by atoms with Gasteiger partial charge in [-0.15, -0.1) is 5.10 Å². The van der Waals surface area contributed by atoms with Gasteiger partial charge in [-0.3, -0.25) is 4.68 Å². The van der Waals surface area contributed by atoms with E-state index < -0.39 is 9.84 Å². The van der Waals surface area contributed by atoms with Gasteiger partial charge >= 0.3 is 0 Å². The van der Waals surface area contributed by atoms with Gasteiger partial charge in [0.1, 0.15) is 16.2 Å². The van der Waals surface area contributed by atoms with Crippen molar-refractivity contribution in [1.29, 1.82) is 0 Å². The molecule has 0 saturated carbocycles. The summed E-state index contributed by atoms with van der Waals surface area (Å²) in [6.45, 7) is 0.185. The third-order valence-corrected chi connectivity index (χ3v) is 2.49. The molecule has 1 aromatic rings. The topological polar surface area (TPSA) is 123 Å². The molecule has 8 nitrogen and oxygen atoms in total. The van der Waals surface area contributed by atoms with Crippen LogP contribution < -0.4 is 5.73 Å². The Hall–Kier alpha value is -1.64. The van der Waals surface area contributed by atoms with E-state index >= 15 is 0 Å². The van der Waals surface area contributed by atoms with Crippen LogP contribution in [0, 0.1) is 0 Å². The summed E-state index contributed by atoms with van der Waals surface area (Å²) in [5.74, 6) is -0.189. The molecule has 0 aliphatic carbocycles. The van der Waals surface area contributed by atoms with Gasteiger partial charge in [0, 0.05) is 6.26 Å². The molecule has 1 aromatic heterocycles. The third kappa shape index (κ3) is 3.54. The van der Waals surface area contributed by atoms with Crippen LogP contribution in [0.5, 0.6) is 0 Å². The largest absolute Gasteiger partial charge is 0.409 e. The molecule has 0 fully saturated rings. The SMILES string of the molecule is CS(=O)(=O)CCn1cnc(C(N)=NO)n1. The first kappa shape index (κ1) is 11.4. The predicted molar refractivity (Wildman–Crippen MR) is 52.2 cm³/mol. The number of nitrogens with two attached hydrogens (primary N) is 1. The molecule has 0 aliphatic rings. The minimum atomic E-state index is -3.04. The van der Waals surface area contributed by atoms with Gasteiger partial charge in [-0.05, 0) is 0 Å². The number of aryl methyl sites for hydroxylation is 1. The fourth-order valence-corrected chi connectivity index (χ4v) is 1.34. The summed E-state index contributed by atoms with van der Waals surface area (Å²) < 4.78 is 23.0. The van der Waals surface area contributed by atoms with E-state index in [1.807, 2.05) is 0 Å². The van der Waals surface area contributed by atoms with Crippen molar-refractivity contribution >= 4 is 15.7 Å². The first-order valence-corrected chi connectivity index (χ1v) is 6.03. The molecule has 0 amide bonds. The Morgan fingerprint density at radius 2 is 2.40 bits per heavy atom. The van der Waals surface area contributed by atoms with Crippen LogP contribution in [0.25, 0.3) is 0 Å². The molecule has 1 rings (SSSR count). The number of hydrogen-bond donors (Lipinski definition) is 2. The van der Waals surface area contributed by atoms with Gasteiger partial charge in [-0.25, -0.2) is 13.4 Å². The predicted octanol–water partition coefficient (Wildman–Crippen LogP) is -1.58. The van der Waals surface area contributed by atoms with Gasteiger partial charge in [0.2, 0.25) is 11.7 Å². The highest BCUT2D eigenvalue weighted by Crippen LogP contribution is 1.92. The Kier molecular flexibility index (Phi) is 3.24. The zero-order valence-corrected chi connectivity index (χ0v) is 8.85. The minimum Gasteiger partial charge on any atom is -0.409 e. The maximum atomic E-state index is 10.9. The lowest BCUT2D eigenvalue weighted by molar-refractivity contribution is 0.318. The highest BCUT2D eigenvalue weighted by atomic mass is 32.2. The Balaban J connectivity index is 2.69. The highest BCUT2D eigenvalue weighted by Gasteiger charge is 2.07. The van der Waals surface area contributed by atoms with Crippen LogP contribution in [-0.2, 0) is 16.4 Å². The number of rotatable bonds is 4. The van der Waals surface area contributed by atoms with Crippen LogP contribution in [0.15, 0.2) is 11.5 Å². The number of nitrogens with zero attached hydrogens (tertiary/aromatic N) is 4. The number of amidine groups is 1. The normalized spacial score (nSPS) is 13.0. The van der Waals surface area contributed by atoms with Gasteiger partial charge in [0.15, 0.2) is 0 Å². The summed E-state index contributed by atoms with van der Waals surface area (Å²) in [5.41, 5.74) is 5.23. The van der Waals surface area contributed by atoms with Gasteiger partial charge in [-0.1, -0.05) is 5.16 Å². The summed E-state index contributed by atoms with van der Waals surface area (Å²) >= 11 is 0. The molecule has 0 radical (unpaired) electrons. The van der Waals surface area contributed by atoms with Crippen LogP contribution in [0.3, 0.4) is 0 Å². The average molecular weight is 233 g/mol. The minimum absolute atomic E-state index is 0.0357. The maximum absolute atomic E-state index is 10.9. The van der Waals surface area contributed by atoms with Crippen molar-refractivity contribution in [3.8, 4) is 0 Å². The van der Waals surface area contributed by atoms with Crippen molar-refractivity contribution in [2.24, 2.45) is 10.9 Å². The van der Waals surface area contributed by atoms with Gasteiger partial charge in [-0.2, -0.15) is 0 Å². The Labute approximate surface area is 86.3 Å². The first-order valence-electron chi connectivity index (χ1n) is 3.97. The molecule has 0 atom stereocenters. The fourth-order valence-electron chi connectivity index (χ4n) is 0.824. The molecule has 0 spiro atoms. The lowest BCUT2D eigenvalue weighted by atomic mass is 10.6. The summed E-state index contributed by atoms with van der Waals surface area (Å²) in [6.07, 6.45) is 2.45. The van der Waals surface area contributed by atoms with E-state index in [-0.39, 0.29) is 24.0 Å². The van der Waals surface area contributed by atoms with Crippen LogP contribution in [-0.4, -0.2) is 46.2 Å². The van der Waals surface area contributed by atoms with Crippen molar-refractivity contribution in [3.05, 3.63) is 12.2 Å². The Morgan fingerprint density at radius 1 is 1.73 bits per heavy atom. The zero-order chi connectivity index (χ0) is 11.5. The van der Waals surface area contributed by atoms with E-state index in [0.717, 1.165) is 6.26 Å². The number of aromatic nitrogens is 3. The summed E-state index contributed by atoms with van der Waals surface area (Å²) in [4.78, 5) is 3.73. The van der Waals surface area contributed by atoms with E-state index in [9.17, 15) is 8.42 Å². The molecule has 9 heteroatoms. The summed E-state index contributed by atoms with van der Waals surface area (Å²) in [7, 11) is -3.04. The van der Waals surface area contributed by atoms with E-state index in [2.05, 4.69) is 15.2 Å². The molecule has 0 aliphatic heterocycles. The molecule has 0 aromatic carbocycles. The highest BCUT2D eigenvalue weighted by molar-refractivity contribution is 7.90. The fraction of sp³-hybridized carbons (Fsp3) is 0.500. The molecule has 84 valence electrons. The van der Waals surface area contributed by atoms with Gasteiger partial charge in [0.05, 0.1) is 12.3 Å². The summed E-state index contributed by atoms with van der Waals surface area (Å²) in [5, 5.41) is 14.9. The van der Waals surface area contributed by atoms with Crippen molar-refractivity contribution < 1.29 is 13.6 Å². The van der Waals surface area contributed by atoms with Crippen LogP contribution in [0.4, 0.5) is 0 Å². The average Bonchev–Trinajstić information content (AvgIpc) is 2.61. The molecule has 3 N–H and O–H groups in total. The molecule has 1 heterocycles. The maximum Gasteiger partial charge on any atom is 0.219 e. The Morgan fingerprint density at radius 3 is 2.93 bits per heavy atom. The number of hydrogen-bond acceptors (Lipinski definition) is 6. The Bertz CT molecular complexity index is 463. The number of oxime groups is 1. The van der Waals surface area contributed by atoms with E-state index in [1.165, 1.54) is 11.0 Å². The molecule has 15 heavy (non-hydrogen) atoms. The van der Waals surface area contributed by atoms with E-state index in [4.69, 9.17) is 10.9 Å². The second kappa shape index (κ2) is 4.26. The van der Waals surface area contributed by atoms with Crippen molar-refractivity contribution in [1.82, 2.24) is 14.8 Å². The molecular formula is C6H11N5O3S.